The molecular weight excluding hydrogens is 372 g/mol. The van der Waals surface area contributed by atoms with Gasteiger partial charge in [0.25, 0.3) is 5.91 Å². The molecule has 0 saturated heterocycles. The van der Waals surface area contributed by atoms with E-state index in [9.17, 15) is 23.2 Å². The van der Waals surface area contributed by atoms with Crippen LogP contribution >= 0.6 is 0 Å². The molecule has 7 nitrogen and oxygen atoms in total. The van der Waals surface area contributed by atoms with E-state index < -0.39 is 30.1 Å². The van der Waals surface area contributed by atoms with Gasteiger partial charge in [-0.3, -0.25) is 9.59 Å². The van der Waals surface area contributed by atoms with Crippen molar-refractivity contribution in [3.8, 4) is 0 Å². The Morgan fingerprint density at radius 3 is 2.57 bits per heavy atom. The number of anilines is 2. The highest BCUT2D eigenvalue weighted by atomic mass is 19.1. The number of halogens is 2. The minimum atomic E-state index is -0.951. The van der Waals surface area contributed by atoms with E-state index in [1.807, 2.05) is 0 Å². The first-order valence-electron chi connectivity index (χ1n) is 8.31. The lowest BCUT2D eigenvalue weighted by Gasteiger charge is -2.22. The van der Waals surface area contributed by atoms with Gasteiger partial charge in [-0.15, -0.1) is 0 Å². The second-order valence-electron chi connectivity index (χ2n) is 5.84. The number of hydrogen-bond acceptors (Lipinski definition) is 5. The van der Waals surface area contributed by atoms with Crippen molar-refractivity contribution in [2.75, 3.05) is 16.9 Å². The topological polar surface area (TPSA) is 88.1 Å². The van der Waals surface area contributed by atoms with Gasteiger partial charge in [0.15, 0.2) is 6.61 Å². The lowest BCUT2D eigenvalue weighted by atomic mass is 10.1. The van der Waals surface area contributed by atoms with E-state index in [1.54, 1.807) is 30.3 Å². The highest BCUT2D eigenvalue weighted by molar-refractivity contribution is 6.38. The van der Waals surface area contributed by atoms with E-state index in [1.165, 1.54) is 0 Å². The lowest BCUT2D eigenvalue weighted by Crippen LogP contribution is -2.35. The maximum atomic E-state index is 13.5. The van der Waals surface area contributed by atoms with E-state index in [0.717, 1.165) is 17.1 Å². The highest BCUT2D eigenvalue weighted by Gasteiger charge is 2.26. The average molecular weight is 387 g/mol. The Bertz CT molecular complexity index is 947. The Labute approximate surface area is 158 Å². The Morgan fingerprint density at radius 2 is 1.86 bits per heavy atom. The molecule has 2 amide bonds. The normalized spacial score (nSPS) is 13.7. The molecule has 0 bridgehead atoms. The minimum Gasteiger partial charge on any atom is -0.451 e. The van der Waals surface area contributed by atoms with E-state index in [4.69, 9.17) is 4.74 Å². The summed E-state index contributed by atoms with van der Waals surface area (Å²) >= 11 is 0. The van der Waals surface area contributed by atoms with Crippen molar-refractivity contribution < 1.29 is 27.9 Å². The fourth-order valence-electron chi connectivity index (χ4n) is 2.46. The zero-order valence-corrected chi connectivity index (χ0v) is 14.5. The van der Waals surface area contributed by atoms with Crippen molar-refractivity contribution in [2.24, 2.45) is 5.10 Å². The Hall–Kier alpha value is -3.62. The van der Waals surface area contributed by atoms with E-state index in [-0.39, 0.29) is 30.1 Å². The SMILES string of the molecule is O=C(COC(=O)C1=NN(c2ccccc2)C(=O)CC1)Nc1ccc(F)cc1F. The molecule has 0 atom stereocenters. The molecule has 2 aromatic carbocycles. The first kappa shape index (κ1) is 19.2. The number of amides is 2. The van der Waals surface area contributed by atoms with Gasteiger partial charge in [0.1, 0.15) is 17.3 Å². The molecule has 0 spiro atoms. The van der Waals surface area contributed by atoms with Crippen molar-refractivity contribution in [1.82, 2.24) is 0 Å². The number of para-hydroxylation sites is 1. The number of rotatable bonds is 5. The molecule has 28 heavy (non-hydrogen) atoms. The van der Waals surface area contributed by atoms with Crippen LogP contribution in [0.15, 0.2) is 53.6 Å². The Balaban J connectivity index is 1.61. The quantitative estimate of drug-likeness (QED) is 0.799. The molecular formula is C19H15F2N3O4. The summed E-state index contributed by atoms with van der Waals surface area (Å²) in [6.07, 6.45) is 0.144. The minimum absolute atomic E-state index is 0.00999. The van der Waals surface area contributed by atoms with Crippen LogP contribution in [0.5, 0.6) is 0 Å². The third kappa shape index (κ3) is 4.56. The Morgan fingerprint density at radius 1 is 1.11 bits per heavy atom. The highest BCUT2D eigenvalue weighted by Crippen LogP contribution is 2.20. The molecule has 0 saturated carbocycles. The van der Waals surface area contributed by atoms with Gasteiger partial charge in [-0.1, -0.05) is 18.2 Å². The molecule has 3 rings (SSSR count). The fourth-order valence-corrected chi connectivity index (χ4v) is 2.46. The number of ether oxygens (including phenoxy) is 1. The lowest BCUT2D eigenvalue weighted by molar-refractivity contribution is -0.140. The standard InChI is InChI=1S/C19H15F2N3O4/c20-12-6-7-15(14(21)10-12)22-17(25)11-28-19(27)16-8-9-18(26)24(23-16)13-4-2-1-3-5-13/h1-7,10H,8-9,11H2,(H,22,25). The number of hydrogen-bond donors (Lipinski definition) is 1. The summed E-state index contributed by atoms with van der Waals surface area (Å²) in [5.74, 6) is -3.66. The maximum absolute atomic E-state index is 13.5. The summed E-state index contributed by atoms with van der Waals surface area (Å²) in [5, 5.41) is 7.29. The van der Waals surface area contributed by atoms with Crippen LogP contribution in [0.2, 0.25) is 0 Å². The van der Waals surface area contributed by atoms with Crippen LogP contribution in [0.4, 0.5) is 20.2 Å². The average Bonchev–Trinajstić information content (AvgIpc) is 2.69. The monoisotopic (exact) mass is 387 g/mol. The van der Waals surface area contributed by atoms with E-state index in [0.29, 0.717) is 11.8 Å². The van der Waals surface area contributed by atoms with Gasteiger partial charge < -0.3 is 10.1 Å². The second-order valence-corrected chi connectivity index (χ2v) is 5.84. The van der Waals surface area contributed by atoms with Crippen molar-refractivity contribution in [2.45, 2.75) is 12.8 Å². The number of carbonyl (C=O) groups excluding carboxylic acids is 3. The number of benzene rings is 2. The summed E-state index contributed by atoms with van der Waals surface area (Å²) in [4.78, 5) is 36.0. The first-order chi connectivity index (χ1) is 13.4. The molecule has 0 aromatic heterocycles. The van der Waals surface area contributed by atoms with Crippen LogP contribution in [0.1, 0.15) is 12.8 Å². The molecule has 1 N–H and O–H groups in total. The van der Waals surface area contributed by atoms with Gasteiger partial charge in [-0.2, -0.15) is 5.10 Å². The number of esters is 1. The summed E-state index contributed by atoms with van der Waals surface area (Å²) < 4.78 is 31.3. The first-order valence-corrected chi connectivity index (χ1v) is 8.31. The van der Waals surface area contributed by atoms with Crippen LogP contribution in [0.25, 0.3) is 0 Å². The van der Waals surface area contributed by atoms with Gasteiger partial charge >= 0.3 is 5.97 Å². The number of nitrogens with one attached hydrogen (secondary N) is 1. The molecule has 1 aliphatic rings. The summed E-state index contributed by atoms with van der Waals surface area (Å²) in [6.45, 7) is -0.687. The predicted octanol–water partition coefficient (Wildman–Crippen LogP) is 2.63. The van der Waals surface area contributed by atoms with Gasteiger partial charge in [0.05, 0.1) is 11.4 Å². The molecule has 144 valence electrons. The predicted molar refractivity (Wildman–Crippen MR) is 96.5 cm³/mol. The molecule has 0 radical (unpaired) electrons. The zero-order valence-electron chi connectivity index (χ0n) is 14.5. The van der Waals surface area contributed by atoms with Crippen LogP contribution in [0, 0.1) is 11.6 Å². The van der Waals surface area contributed by atoms with Crippen molar-refractivity contribution in [3.05, 3.63) is 60.2 Å². The fraction of sp³-hybridized carbons (Fsp3) is 0.158. The maximum Gasteiger partial charge on any atom is 0.355 e. The molecule has 1 aliphatic heterocycles. The number of nitrogens with zero attached hydrogens (tertiary/aromatic N) is 2. The van der Waals surface area contributed by atoms with Crippen molar-refractivity contribution in [3.63, 3.8) is 0 Å². The van der Waals surface area contributed by atoms with Crippen molar-refractivity contribution >= 4 is 34.9 Å². The van der Waals surface area contributed by atoms with Crippen molar-refractivity contribution in [1.29, 1.82) is 0 Å². The third-order valence-corrected chi connectivity index (χ3v) is 3.81. The van der Waals surface area contributed by atoms with Crippen LogP contribution in [0.3, 0.4) is 0 Å². The summed E-state index contributed by atoms with van der Waals surface area (Å²) in [7, 11) is 0. The smallest absolute Gasteiger partial charge is 0.355 e. The van der Waals surface area contributed by atoms with Gasteiger partial charge in [-0.25, -0.2) is 18.6 Å². The number of carbonyl (C=O) groups is 3. The molecule has 0 aliphatic carbocycles. The summed E-state index contributed by atoms with van der Waals surface area (Å²) in [6, 6.07) is 11.2. The molecule has 9 heteroatoms. The van der Waals surface area contributed by atoms with Crippen LogP contribution in [-0.2, 0) is 19.1 Å². The Kier molecular flexibility index (Phi) is 5.73. The van der Waals surface area contributed by atoms with E-state index >= 15 is 0 Å². The van der Waals surface area contributed by atoms with Gasteiger partial charge in [0, 0.05) is 18.9 Å². The molecule has 1 heterocycles. The third-order valence-electron chi connectivity index (χ3n) is 3.81. The van der Waals surface area contributed by atoms with Crippen LogP contribution in [-0.4, -0.2) is 30.1 Å². The second kappa shape index (κ2) is 8.38. The zero-order chi connectivity index (χ0) is 20.1. The molecule has 0 unspecified atom stereocenters. The molecule has 0 fully saturated rings. The van der Waals surface area contributed by atoms with Gasteiger partial charge in [0.2, 0.25) is 5.91 Å². The van der Waals surface area contributed by atoms with E-state index in [2.05, 4.69) is 10.4 Å². The number of hydrazone groups is 1. The van der Waals surface area contributed by atoms with Gasteiger partial charge in [-0.05, 0) is 24.3 Å². The van der Waals surface area contributed by atoms with Crippen LogP contribution < -0.4 is 10.3 Å². The summed E-state index contributed by atoms with van der Waals surface area (Å²) in [5.41, 5.74) is 0.254. The molecule has 2 aromatic rings. The largest absolute Gasteiger partial charge is 0.451 e.